The van der Waals surface area contributed by atoms with Crippen molar-refractivity contribution in [1.29, 1.82) is 0 Å². The van der Waals surface area contributed by atoms with E-state index in [1.165, 1.54) is 6.08 Å². The number of aromatic nitrogens is 2. The SMILES string of the molecule is C=CCC(F)Oc1ccc(-c2cnc3c(Nc4ccc(C(=O)N5CCN(C(=O)C6CCCCNCC6)CC5)c(C)c4)ncccc2-3)cc1. The summed E-state index contributed by atoms with van der Waals surface area (Å²) in [6.45, 7) is 9.61. The van der Waals surface area contributed by atoms with Crippen LogP contribution in [0.4, 0.5) is 15.9 Å². The highest BCUT2D eigenvalue weighted by Crippen LogP contribution is 2.37. The average molecular weight is 651 g/mol. The van der Waals surface area contributed by atoms with Gasteiger partial charge in [0.1, 0.15) is 11.4 Å². The molecule has 250 valence electrons. The molecule has 4 aliphatic heterocycles. The molecular weight excluding hydrogens is 607 g/mol. The molecule has 2 saturated heterocycles. The molecule has 4 aliphatic rings. The number of fused-ring (bicyclic) bond motifs is 1. The van der Waals surface area contributed by atoms with Crippen LogP contribution in [0.15, 0.2) is 79.6 Å². The van der Waals surface area contributed by atoms with Gasteiger partial charge in [-0.3, -0.25) is 14.6 Å². The lowest BCUT2D eigenvalue weighted by Crippen LogP contribution is -2.52. The number of benzene rings is 2. The summed E-state index contributed by atoms with van der Waals surface area (Å²) >= 11 is 0. The van der Waals surface area contributed by atoms with E-state index >= 15 is 0 Å². The molecule has 2 aromatic rings. The standard InChI is InChI=1S/C38H43FN6O3/c1-3-7-34(39)48-30-13-10-27(11-14-30)33-25-42-35-32(33)9-6-18-41-36(35)43-29-12-15-31(26(2)24-29)38(47)45-22-20-44(21-23-45)37(46)28-8-4-5-17-40-19-16-28/h3,6,9-15,18,24-25,28,34,40H,1,4-5,7-8,16-17,19-23H2,2H3,(H,41,43). The zero-order chi connectivity index (χ0) is 33.5. The normalized spacial score (nSPS) is 17.7. The summed E-state index contributed by atoms with van der Waals surface area (Å²) in [5, 5.41) is 6.82. The van der Waals surface area contributed by atoms with Gasteiger partial charge in [0.15, 0.2) is 5.82 Å². The lowest BCUT2D eigenvalue weighted by atomic mass is 9.95. The largest absolute Gasteiger partial charge is 0.460 e. The maximum Gasteiger partial charge on any atom is 0.254 e. The first-order chi connectivity index (χ1) is 23.4. The highest BCUT2D eigenvalue weighted by molar-refractivity contribution is 5.96. The van der Waals surface area contributed by atoms with Crippen LogP contribution >= 0.6 is 0 Å². The quantitative estimate of drug-likeness (QED) is 0.197. The van der Waals surface area contributed by atoms with E-state index in [0.29, 0.717) is 49.0 Å². The van der Waals surface area contributed by atoms with Crippen molar-refractivity contribution in [3.8, 4) is 28.1 Å². The third-order valence-corrected chi connectivity index (χ3v) is 9.20. The van der Waals surface area contributed by atoms with Gasteiger partial charge in [-0.1, -0.05) is 30.7 Å². The lowest BCUT2D eigenvalue weighted by molar-refractivity contribution is -0.137. The van der Waals surface area contributed by atoms with E-state index in [-0.39, 0.29) is 24.2 Å². The van der Waals surface area contributed by atoms with Crippen LogP contribution in [0.5, 0.6) is 5.75 Å². The number of amides is 2. The molecule has 2 atom stereocenters. The number of anilines is 2. The van der Waals surface area contributed by atoms with Crippen LogP contribution in [0.2, 0.25) is 0 Å². The molecule has 0 aliphatic carbocycles. The minimum Gasteiger partial charge on any atom is -0.460 e. The number of nitrogens with one attached hydrogen (secondary N) is 2. The molecular formula is C38H43FN6O3. The number of rotatable bonds is 9. The molecule has 2 N–H and O–H groups in total. The molecule has 2 amide bonds. The van der Waals surface area contributed by atoms with Crippen LogP contribution < -0.4 is 15.4 Å². The molecule has 2 aromatic carbocycles. The van der Waals surface area contributed by atoms with Gasteiger partial charge in [0.25, 0.3) is 5.91 Å². The Bertz CT molecular complexity index is 1700. The van der Waals surface area contributed by atoms with Gasteiger partial charge in [0.2, 0.25) is 12.3 Å². The van der Waals surface area contributed by atoms with E-state index in [1.807, 2.05) is 59.2 Å². The number of piperazine rings is 1. The predicted molar refractivity (Wildman–Crippen MR) is 186 cm³/mol. The van der Waals surface area contributed by atoms with Gasteiger partial charge in [0, 0.05) is 73.3 Å². The second-order valence-electron chi connectivity index (χ2n) is 12.5. The molecule has 0 radical (unpaired) electrons. The monoisotopic (exact) mass is 650 g/mol. The summed E-state index contributed by atoms with van der Waals surface area (Å²) < 4.78 is 19.2. The molecule has 4 heterocycles. The zero-order valence-corrected chi connectivity index (χ0v) is 27.5. The fourth-order valence-electron chi connectivity index (χ4n) is 6.54. The summed E-state index contributed by atoms with van der Waals surface area (Å²) in [7, 11) is 0. The van der Waals surface area contributed by atoms with Gasteiger partial charge >= 0.3 is 0 Å². The summed E-state index contributed by atoms with van der Waals surface area (Å²) in [5.41, 5.74) is 5.73. The van der Waals surface area contributed by atoms with Crippen LogP contribution in [-0.4, -0.2) is 77.2 Å². The summed E-state index contributed by atoms with van der Waals surface area (Å²) in [4.78, 5) is 39.9. The Morgan fingerprint density at radius 2 is 1.81 bits per heavy atom. The number of carbonyl (C=O) groups excluding carboxylic acids is 2. The van der Waals surface area contributed by atoms with Gasteiger partial charge < -0.3 is 25.2 Å². The number of ether oxygens (including phenoxy) is 1. The van der Waals surface area contributed by atoms with Gasteiger partial charge in [-0.05, 0) is 86.8 Å². The third-order valence-electron chi connectivity index (χ3n) is 9.20. The fraction of sp³-hybridized carbons (Fsp3) is 0.368. The highest BCUT2D eigenvalue weighted by Gasteiger charge is 2.30. The molecule has 48 heavy (non-hydrogen) atoms. The first-order valence-corrected chi connectivity index (χ1v) is 16.8. The highest BCUT2D eigenvalue weighted by atomic mass is 19.1. The fourth-order valence-corrected chi connectivity index (χ4v) is 6.54. The summed E-state index contributed by atoms with van der Waals surface area (Å²) in [6, 6.07) is 16.8. The molecule has 9 nitrogen and oxygen atoms in total. The first kappa shape index (κ1) is 33.1. The summed E-state index contributed by atoms with van der Waals surface area (Å²) in [5.74, 6) is 1.32. The number of nitrogens with zero attached hydrogens (tertiary/aromatic N) is 4. The number of halogens is 1. The minimum atomic E-state index is -1.43. The van der Waals surface area contributed by atoms with Crippen molar-refractivity contribution in [2.75, 3.05) is 44.6 Å². The maximum atomic E-state index is 13.9. The van der Waals surface area contributed by atoms with Crippen LogP contribution in [-0.2, 0) is 4.79 Å². The van der Waals surface area contributed by atoms with Crippen molar-refractivity contribution in [1.82, 2.24) is 25.1 Å². The number of alkyl halides is 1. The van der Waals surface area contributed by atoms with Gasteiger partial charge in [-0.15, -0.1) is 6.58 Å². The van der Waals surface area contributed by atoms with Gasteiger partial charge in [0.05, 0.1) is 0 Å². The van der Waals surface area contributed by atoms with E-state index < -0.39 is 6.36 Å². The molecule has 0 spiro atoms. The number of aryl methyl sites for hydroxylation is 1. The molecule has 2 fully saturated rings. The first-order valence-electron chi connectivity index (χ1n) is 16.8. The van der Waals surface area contributed by atoms with Crippen molar-refractivity contribution < 1.29 is 18.7 Å². The Morgan fingerprint density at radius 3 is 2.58 bits per heavy atom. The number of carbonyl (C=O) groups is 2. The van der Waals surface area contributed by atoms with Gasteiger partial charge in [-0.25, -0.2) is 9.37 Å². The van der Waals surface area contributed by atoms with Crippen LogP contribution in [0.3, 0.4) is 0 Å². The van der Waals surface area contributed by atoms with Crippen LogP contribution in [0, 0.1) is 12.8 Å². The van der Waals surface area contributed by atoms with E-state index in [9.17, 15) is 14.0 Å². The van der Waals surface area contributed by atoms with Crippen molar-refractivity contribution in [2.24, 2.45) is 5.92 Å². The zero-order valence-electron chi connectivity index (χ0n) is 27.5. The predicted octanol–water partition coefficient (Wildman–Crippen LogP) is 6.62. The Morgan fingerprint density at radius 1 is 1.02 bits per heavy atom. The average Bonchev–Trinajstić information content (AvgIpc) is 3.39. The van der Waals surface area contributed by atoms with Crippen molar-refractivity contribution in [2.45, 2.75) is 45.4 Å². The van der Waals surface area contributed by atoms with Crippen molar-refractivity contribution in [3.63, 3.8) is 0 Å². The van der Waals surface area contributed by atoms with Crippen molar-refractivity contribution >= 4 is 23.3 Å². The second kappa shape index (κ2) is 15.4. The Kier molecular flexibility index (Phi) is 10.6. The number of hydrogen-bond acceptors (Lipinski definition) is 7. The molecule has 0 aromatic heterocycles. The van der Waals surface area contributed by atoms with E-state index in [4.69, 9.17) is 9.72 Å². The minimum absolute atomic E-state index is 0.0190. The molecule has 6 rings (SSSR count). The van der Waals surface area contributed by atoms with E-state index in [2.05, 4.69) is 22.2 Å². The smallest absolute Gasteiger partial charge is 0.254 e. The maximum absolute atomic E-state index is 13.9. The Hall–Kier alpha value is -4.83. The third kappa shape index (κ3) is 7.65. The van der Waals surface area contributed by atoms with E-state index in [1.54, 1.807) is 24.5 Å². The van der Waals surface area contributed by atoms with Crippen LogP contribution in [0.25, 0.3) is 22.4 Å². The molecule has 0 bridgehead atoms. The molecule has 0 saturated carbocycles. The van der Waals surface area contributed by atoms with Crippen molar-refractivity contribution in [3.05, 3.63) is 90.8 Å². The topological polar surface area (TPSA) is 99.7 Å². The summed E-state index contributed by atoms with van der Waals surface area (Å²) in [6.07, 6.45) is 7.72. The van der Waals surface area contributed by atoms with Gasteiger partial charge in [-0.2, -0.15) is 0 Å². The Balaban J connectivity index is 1.09. The van der Waals surface area contributed by atoms with E-state index in [0.717, 1.165) is 66.7 Å². The number of hydrogen-bond donors (Lipinski definition) is 2. The molecule has 10 heteroatoms. The second-order valence-corrected chi connectivity index (χ2v) is 12.5. The Labute approximate surface area is 281 Å². The molecule has 2 unspecified atom stereocenters. The van der Waals surface area contributed by atoms with Crippen LogP contribution in [0.1, 0.15) is 48.0 Å². The lowest BCUT2D eigenvalue weighted by Gasteiger charge is -2.37.